The average molecular weight is 259 g/mol. The van der Waals surface area contributed by atoms with E-state index in [1.54, 1.807) is 6.07 Å². The minimum absolute atomic E-state index is 0.0729. The Morgan fingerprint density at radius 1 is 1.37 bits per heavy atom. The van der Waals surface area contributed by atoms with Gasteiger partial charge in [-0.2, -0.15) is 0 Å². The molecule has 1 aromatic heterocycles. The zero-order valence-corrected chi connectivity index (χ0v) is 9.48. The maximum absolute atomic E-state index is 10.7. The number of nitro groups is 1. The third kappa shape index (κ3) is 2.83. The molecule has 96 valence electrons. The summed E-state index contributed by atoms with van der Waals surface area (Å²) < 4.78 is 4.69. The van der Waals surface area contributed by atoms with E-state index in [4.69, 9.17) is 4.42 Å². The average Bonchev–Trinajstić information content (AvgIpc) is 2.85. The van der Waals surface area contributed by atoms with Crippen LogP contribution in [0.3, 0.4) is 0 Å². The topological polar surface area (TPSA) is 109 Å². The molecule has 0 bridgehead atoms. The Kier molecular flexibility index (Phi) is 3.37. The van der Waals surface area contributed by atoms with Crippen molar-refractivity contribution in [3.63, 3.8) is 0 Å². The summed E-state index contributed by atoms with van der Waals surface area (Å²) in [5.74, 6) is -1.86. The monoisotopic (exact) mass is 259 g/mol. The summed E-state index contributed by atoms with van der Waals surface area (Å²) in [7, 11) is 0. The number of aliphatic imine (C=N–C) groups is 1. The van der Waals surface area contributed by atoms with Crippen LogP contribution in [0.2, 0.25) is 0 Å². The Labute approximate surface area is 107 Å². The number of hydrogen-bond donors (Lipinski definition) is 0. The molecule has 19 heavy (non-hydrogen) atoms. The van der Waals surface area contributed by atoms with E-state index in [-0.39, 0.29) is 17.1 Å². The highest BCUT2D eigenvalue weighted by Crippen LogP contribution is 2.20. The Morgan fingerprint density at radius 2 is 2.16 bits per heavy atom. The molecule has 0 fully saturated rings. The second kappa shape index (κ2) is 5.13. The first-order valence-electron chi connectivity index (χ1n) is 5.15. The number of benzene rings is 1. The van der Waals surface area contributed by atoms with E-state index in [1.165, 1.54) is 36.7 Å². The largest absolute Gasteiger partial charge is 0.541 e. The highest BCUT2D eigenvalue weighted by atomic mass is 16.6. The molecule has 0 spiro atoms. The Morgan fingerprint density at radius 3 is 2.84 bits per heavy atom. The third-order valence-corrected chi connectivity index (χ3v) is 2.26. The molecule has 2 aromatic rings. The van der Waals surface area contributed by atoms with Crippen molar-refractivity contribution >= 4 is 23.6 Å². The fourth-order valence-corrected chi connectivity index (χ4v) is 1.42. The van der Waals surface area contributed by atoms with E-state index in [0.717, 1.165) is 0 Å². The molecule has 0 atom stereocenters. The van der Waals surface area contributed by atoms with Gasteiger partial charge in [0.05, 0.1) is 11.2 Å². The number of carboxylic acids is 1. The molecule has 2 rings (SSSR count). The standard InChI is InChI=1S/C12H8N2O5/c15-12(16)11-10(4-5-19-11)13-7-8-2-1-3-9(6-8)14(17)18/h1-7H,(H,15,16)/p-1. The van der Waals surface area contributed by atoms with Crippen molar-refractivity contribution in [3.05, 3.63) is 58.0 Å². The van der Waals surface area contributed by atoms with Crippen molar-refractivity contribution in [3.8, 4) is 0 Å². The normalized spacial score (nSPS) is 10.7. The van der Waals surface area contributed by atoms with Crippen molar-refractivity contribution in [2.24, 2.45) is 4.99 Å². The molecule has 1 aromatic carbocycles. The van der Waals surface area contributed by atoms with Crippen LogP contribution in [0.15, 0.2) is 46.0 Å². The lowest BCUT2D eigenvalue weighted by atomic mass is 10.2. The first-order valence-corrected chi connectivity index (χ1v) is 5.15. The van der Waals surface area contributed by atoms with Crippen molar-refractivity contribution in [1.82, 2.24) is 0 Å². The van der Waals surface area contributed by atoms with E-state index >= 15 is 0 Å². The van der Waals surface area contributed by atoms with Gasteiger partial charge in [-0.25, -0.2) is 0 Å². The van der Waals surface area contributed by atoms with E-state index in [9.17, 15) is 20.0 Å². The first kappa shape index (κ1) is 12.5. The highest BCUT2D eigenvalue weighted by molar-refractivity contribution is 5.91. The summed E-state index contributed by atoms with van der Waals surface area (Å²) in [5, 5.41) is 21.3. The molecule has 1 heterocycles. The fourth-order valence-electron chi connectivity index (χ4n) is 1.42. The van der Waals surface area contributed by atoms with Gasteiger partial charge in [-0.3, -0.25) is 15.1 Å². The van der Waals surface area contributed by atoms with Crippen LogP contribution in [0.25, 0.3) is 0 Å². The van der Waals surface area contributed by atoms with Gasteiger partial charge in [0.25, 0.3) is 5.69 Å². The van der Waals surface area contributed by atoms with Crippen molar-refractivity contribution in [2.75, 3.05) is 0 Å². The molecule has 0 unspecified atom stereocenters. The summed E-state index contributed by atoms with van der Waals surface area (Å²) in [6.07, 6.45) is 2.48. The lowest BCUT2D eigenvalue weighted by molar-refractivity contribution is -0.384. The van der Waals surface area contributed by atoms with Gasteiger partial charge < -0.3 is 14.3 Å². The van der Waals surface area contributed by atoms with Gasteiger partial charge in [0.1, 0.15) is 11.7 Å². The van der Waals surface area contributed by atoms with Crippen molar-refractivity contribution in [1.29, 1.82) is 0 Å². The van der Waals surface area contributed by atoms with Gasteiger partial charge in [0, 0.05) is 24.4 Å². The number of non-ortho nitro benzene ring substituents is 1. The van der Waals surface area contributed by atoms with Crippen LogP contribution in [-0.2, 0) is 0 Å². The van der Waals surface area contributed by atoms with Crippen LogP contribution in [0.1, 0.15) is 16.1 Å². The van der Waals surface area contributed by atoms with Crippen LogP contribution < -0.4 is 5.11 Å². The predicted octanol–water partition coefficient (Wildman–Crippen LogP) is 1.30. The number of nitro benzene ring substituents is 1. The Hall–Kier alpha value is -2.96. The summed E-state index contributed by atoms with van der Waals surface area (Å²) in [4.78, 5) is 24.6. The van der Waals surface area contributed by atoms with Crippen molar-refractivity contribution < 1.29 is 19.2 Å². The molecular formula is C12H7N2O5-. The van der Waals surface area contributed by atoms with Gasteiger partial charge in [-0.1, -0.05) is 12.1 Å². The maximum atomic E-state index is 10.7. The minimum Gasteiger partial charge on any atom is -0.541 e. The number of rotatable bonds is 4. The molecular weight excluding hydrogens is 252 g/mol. The Balaban J connectivity index is 2.27. The van der Waals surface area contributed by atoms with Crippen LogP contribution in [-0.4, -0.2) is 17.1 Å². The lowest BCUT2D eigenvalue weighted by Gasteiger charge is -1.98. The van der Waals surface area contributed by atoms with Gasteiger partial charge in [-0.05, 0) is 5.56 Å². The zero-order chi connectivity index (χ0) is 13.8. The molecule has 7 heteroatoms. The van der Waals surface area contributed by atoms with Gasteiger partial charge >= 0.3 is 0 Å². The Bertz CT molecular complexity index is 660. The summed E-state index contributed by atoms with van der Waals surface area (Å²) in [5.41, 5.74) is 0.488. The highest BCUT2D eigenvalue weighted by Gasteiger charge is 2.06. The molecule has 0 aliphatic rings. The quantitative estimate of drug-likeness (QED) is 0.467. The number of nitrogens with zero attached hydrogens (tertiary/aromatic N) is 2. The molecule has 0 saturated heterocycles. The van der Waals surface area contributed by atoms with E-state index in [2.05, 4.69) is 4.99 Å². The van der Waals surface area contributed by atoms with Crippen LogP contribution in [0.5, 0.6) is 0 Å². The second-order valence-electron chi connectivity index (χ2n) is 3.53. The first-order chi connectivity index (χ1) is 9.08. The van der Waals surface area contributed by atoms with Gasteiger partial charge in [0.15, 0.2) is 5.76 Å². The fraction of sp³-hybridized carbons (Fsp3) is 0. The number of furan rings is 1. The summed E-state index contributed by atoms with van der Waals surface area (Å²) in [6.45, 7) is 0. The molecule has 7 nitrogen and oxygen atoms in total. The van der Waals surface area contributed by atoms with E-state index in [0.29, 0.717) is 5.56 Å². The second-order valence-corrected chi connectivity index (χ2v) is 3.53. The number of carboxylic acid groups (broad SMARTS) is 1. The van der Waals surface area contributed by atoms with Crippen LogP contribution in [0, 0.1) is 10.1 Å². The molecule has 0 radical (unpaired) electrons. The van der Waals surface area contributed by atoms with E-state index in [1.807, 2.05) is 0 Å². The molecule has 0 aliphatic carbocycles. The minimum atomic E-state index is -1.48. The number of carbonyl (C=O) groups excluding carboxylic acids is 1. The van der Waals surface area contributed by atoms with Crippen LogP contribution in [0.4, 0.5) is 11.4 Å². The third-order valence-electron chi connectivity index (χ3n) is 2.26. The number of carbonyl (C=O) groups is 1. The number of aromatic carboxylic acids is 1. The van der Waals surface area contributed by atoms with E-state index < -0.39 is 10.9 Å². The summed E-state index contributed by atoms with van der Waals surface area (Å²) >= 11 is 0. The lowest BCUT2D eigenvalue weighted by Crippen LogP contribution is -2.21. The smallest absolute Gasteiger partial charge is 0.270 e. The van der Waals surface area contributed by atoms with Crippen LogP contribution >= 0.6 is 0 Å². The van der Waals surface area contributed by atoms with Gasteiger partial charge in [0.2, 0.25) is 0 Å². The molecule has 0 N–H and O–H groups in total. The molecule has 0 saturated carbocycles. The molecule has 0 aliphatic heterocycles. The maximum Gasteiger partial charge on any atom is 0.270 e. The number of hydrogen-bond acceptors (Lipinski definition) is 6. The zero-order valence-electron chi connectivity index (χ0n) is 9.48. The van der Waals surface area contributed by atoms with Crippen molar-refractivity contribution in [2.45, 2.75) is 0 Å². The van der Waals surface area contributed by atoms with Gasteiger partial charge in [-0.15, -0.1) is 0 Å². The molecule has 0 amide bonds. The predicted molar refractivity (Wildman–Crippen MR) is 63.4 cm³/mol. The SMILES string of the molecule is O=C([O-])c1occc1N=Cc1cccc([N+](=O)[O-])c1. The summed E-state index contributed by atoms with van der Waals surface area (Å²) in [6, 6.07) is 7.15.